The van der Waals surface area contributed by atoms with Gasteiger partial charge in [-0.2, -0.15) is 0 Å². The van der Waals surface area contributed by atoms with Crippen molar-refractivity contribution in [2.45, 2.75) is 13.3 Å². The number of hydrogen-bond acceptors (Lipinski definition) is 2. The molecule has 15 heavy (non-hydrogen) atoms. The Balaban J connectivity index is 2.50. The molecule has 0 aliphatic heterocycles. The van der Waals surface area contributed by atoms with Crippen molar-refractivity contribution in [3.05, 3.63) is 42.2 Å². The van der Waals surface area contributed by atoms with Crippen molar-refractivity contribution >= 4 is 5.69 Å². The first-order valence-corrected chi connectivity index (χ1v) is 4.80. The lowest BCUT2D eigenvalue weighted by Gasteiger charge is -2.07. The highest BCUT2D eigenvalue weighted by atomic mass is 19.1. The fraction of sp³-hybridized carbons (Fsp3) is 0.182. The molecular weight excluding hydrogens is 193 g/mol. The van der Waals surface area contributed by atoms with Gasteiger partial charge in [-0.3, -0.25) is 0 Å². The highest BCUT2D eigenvalue weighted by Crippen LogP contribution is 2.16. The van der Waals surface area contributed by atoms with Crippen LogP contribution in [0.15, 0.2) is 30.6 Å². The number of nitrogens with zero attached hydrogens (tertiary/aromatic N) is 2. The molecule has 2 N–H and O–H groups in total. The quantitative estimate of drug-likeness (QED) is 0.763. The third-order valence-electron chi connectivity index (χ3n) is 2.30. The van der Waals surface area contributed by atoms with Crippen molar-refractivity contribution < 1.29 is 4.39 Å². The summed E-state index contributed by atoms with van der Waals surface area (Å²) >= 11 is 0. The number of imidazole rings is 1. The van der Waals surface area contributed by atoms with Gasteiger partial charge in [0.15, 0.2) is 0 Å². The number of hydrogen-bond donors (Lipinski definition) is 1. The van der Waals surface area contributed by atoms with Gasteiger partial charge in [-0.15, -0.1) is 0 Å². The van der Waals surface area contributed by atoms with E-state index >= 15 is 0 Å². The van der Waals surface area contributed by atoms with Crippen molar-refractivity contribution in [1.82, 2.24) is 9.55 Å². The summed E-state index contributed by atoms with van der Waals surface area (Å²) in [7, 11) is 0. The molecule has 0 saturated carbocycles. The number of nitrogen functional groups attached to an aromatic ring is 1. The molecule has 1 aromatic heterocycles. The SMILES string of the molecule is CCc1nccn1-c1ccc(N)c(F)c1. The Hall–Kier alpha value is -1.84. The number of benzene rings is 1. The van der Waals surface area contributed by atoms with Gasteiger partial charge in [0, 0.05) is 30.6 Å². The second kappa shape index (κ2) is 3.73. The Labute approximate surface area is 87.4 Å². The molecular formula is C11H12FN3. The molecule has 1 aromatic carbocycles. The first-order valence-electron chi connectivity index (χ1n) is 4.80. The predicted molar refractivity (Wildman–Crippen MR) is 57.3 cm³/mol. The normalized spacial score (nSPS) is 10.5. The van der Waals surface area contributed by atoms with Crippen LogP contribution >= 0.6 is 0 Å². The van der Waals surface area contributed by atoms with E-state index in [1.165, 1.54) is 6.07 Å². The van der Waals surface area contributed by atoms with Crippen LogP contribution in [0.3, 0.4) is 0 Å². The Morgan fingerprint density at radius 2 is 2.27 bits per heavy atom. The van der Waals surface area contributed by atoms with E-state index < -0.39 is 5.82 Å². The number of aryl methyl sites for hydroxylation is 1. The fourth-order valence-electron chi connectivity index (χ4n) is 1.50. The van der Waals surface area contributed by atoms with Crippen LogP contribution in [0.2, 0.25) is 0 Å². The third-order valence-corrected chi connectivity index (χ3v) is 2.30. The first-order chi connectivity index (χ1) is 7.22. The lowest BCUT2D eigenvalue weighted by Crippen LogP contribution is -2.00. The van der Waals surface area contributed by atoms with Crippen molar-refractivity contribution in [2.75, 3.05) is 5.73 Å². The second-order valence-electron chi connectivity index (χ2n) is 3.27. The zero-order valence-electron chi connectivity index (χ0n) is 8.44. The molecule has 78 valence electrons. The number of nitrogens with two attached hydrogens (primary N) is 1. The van der Waals surface area contributed by atoms with Gasteiger partial charge < -0.3 is 10.3 Å². The molecule has 0 bridgehead atoms. The van der Waals surface area contributed by atoms with Crippen LogP contribution in [0.5, 0.6) is 0 Å². The van der Waals surface area contributed by atoms with Crippen molar-refractivity contribution in [3.8, 4) is 5.69 Å². The first kappa shape index (κ1) is 9.71. The minimum Gasteiger partial charge on any atom is -0.396 e. The molecule has 0 aliphatic rings. The molecule has 0 saturated heterocycles. The number of halogens is 1. The van der Waals surface area contributed by atoms with Gasteiger partial charge in [0.2, 0.25) is 0 Å². The maximum Gasteiger partial charge on any atom is 0.148 e. The van der Waals surface area contributed by atoms with Gasteiger partial charge in [0.05, 0.1) is 5.69 Å². The van der Waals surface area contributed by atoms with Crippen LogP contribution in [-0.2, 0) is 6.42 Å². The molecule has 4 heteroatoms. The van der Waals surface area contributed by atoms with E-state index in [1.54, 1.807) is 18.3 Å². The van der Waals surface area contributed by atoms with Crippen LogP contribution in [0.4, 0.5) is 10.1 Å². The van der Waals surface area contributed by atoms with E-state index in [9.17, 15) is 4.39 Å². The fourth-order valence-corrected chi connectivity index (χ4v) is 1.50. The van der Waals surface area contributed by atoms with E-state index in [4.69, 9.17) is 5.73 Å². The Kier molecular flexibility index (Phi) is 2.41. The Morgan fingerprint density at radius 3 is 2.93 bits per heavy atom. The summed E-state index contributed by atoms with van der Waals surface area (Å²) in [5, 5.41) is 0. The third kappa shape index (κ3) is 1.70. The van der Waals surface area contributed by atoms with Crippen molar-refractivity contribution in [2.24, 2.45) is 0 Å². The van der Waals surface area contributed by atoms with Crippen LogP contribution in [0.25, 0.3) is 5.69 Å². The molecule has 1 heterocycles. The predicted octanol–water partition coefficient (Wildman–Crippen LogP) is 2.16. The van der Waals surface area contributed by atoms with Crippen LogP contribution in [-0.4, -0.2) is 9.55 Å². The van der Waals surface area contributed by atoms with E-state index in [1.807, 2.05) is 17.7 Å². The molecule has 2 rings (SSSR count). The summed E-state index contributed by atoms with van der Waals surface area (Å²) in [6.07, 6.45) is 4.32. The van der Waals surface area contributed by atoms with Gasteiger partial charge >= 0.3 is 0 Å². The van der Waals surface area contributed by atoms with E-state index in [0.717, 1.165) is 17.9 Å². The minimum absolute atomic E-state index is 0.164. The maximum atomic E-state index is 13.2. The zero-order valence-corrected chi connectivity index (χ0v) is 8.44. The lowest BCUT2D eigenvalue weighted by molar-refractivity contribution is 0.631. The highest BCUT2D eigenvalue weighted by Gasteiger charge is 2.05. The molecule has 0 spiro atoms. The van der Waals surface area contributed by atoms with E-state index in [-0.39, 0.29) is 5.69 Å². The van der Waals surface area contributed by atoms with E-state index in [2.05, 4.69) is 4.98 Å². The summed E-state index contributed by atoms with van der Waals surface area (Å²) in [6.45, 7) is 2.01. The average Bonchev–Trinajstić information content (AvgIpc) is 2.70. The minimum atomic E-state index is -0.400. The summed E-state index contributed by atoms with van der Waals surface area (Å²) in [5.41, 5.74) is 6.32. The van der Waals surface area contributed by atoms with E-state index in [0.29, 0.717) is 0 Å². The average molecular weight is 205 g/mol. The monoisotopic (exact) mass is 205 g/mol. The number of aromatic nitrogens is 2. The van der Waals surface area contributed by atoms with Crippen LogP contribution < -0.4 is 5.73 Å². The number of rotatable bonds is 2. The van der Waals surface area contributed by atoms with Gasteiger partial charge in [-0.25, -0.2) is 9.37 Å². The maximum absolute atomic E-state index is 13.2. The molecule has 0 unspecified atom stereocenters. The molecule has 0 fully saturated rings. The van der Waals surface area contributed by atoms with Gasteiger partial charge in [-0.1, -0.05) is 6.92 Å². The summed E-state index contributed by atoms with van der Waals surface area (Å²) < 4.78 is 15.1. The standard InChI is InChI=1S/C11H12FN3/c1-2-11-14-5-6-15(11)8-3-4-10(13)9(12)7-8/h3-7H,2,13H2,1H3. The summed E-state index contributed by atoms with van der Waals surface area (Å²) in [6, 6.07) is 4.75. The molecule has 2 aromatic rings. The van der Waals surface area contributed by atoms with Gasteiger partial charge in [0.25, 0.3) is 0 Å². The second-order valence-corrected chi connectivity index (χ2v) is 3.27. The smallest absolute Gasteiger partial charge is 0.148 e. The van der Waals surface area contributed by atoms with Gasteiger partial charge in [0.1, 0.15) is 11.6 Å². The lowest BCUT2D eigenvalue weighted by atomic mass is 10.2. The number of anilines is 1. The Bertz CT molecular complexity index is 476. The Morgan fingerprint density at radius 1 is 1.47 bits per heavy atom. The molecule has 0 amide bonds. The molecule has 0 atom stereocenters. The van der Waals surface area contributed by atoms with Gasteiger partial charge in [-0.05, 0) is 12.1 Å². The summed E-state index contributed by atoms with van der Waals surface area (Å²) in [5.74, 6) is 0.502. The van der Waals surface area contributed by atoms with Crippen molar-refractivity contribution in [1.29, 1.82) is 0 Å². The highest BCUT2D eigenvalue weighted by molar-refractivity contribution is 5.47. The molecule has 0 radical (unpaired) electrons. The molecule has 0 aliphatic carbocycles. The molecule has 3 nitrogen and oxygen atoms in total. The topological polar surface area (TPSA) is 43.8 Å². The van der Waals surface area contributed by atoms with Crippen molar-refractivity contribution in [3.63, 3.8) is 0 Å². The summed E-state index contributed by atoms with van der Waals surface area (Å²) in [4.78, 5) is 4.17. The largest absolute Gasteiger partial charge is 0.396 e. The zero-order chi connectivity index (χ0) is 10.8. The van der Waals surface area contributed by atoms with Crippen LogP contribution in [0, 0.1) is 5.82 Å². The van der Waals surface area contributed by atoms with Crippen LogP contribution in [0.1, 0.15) is 12.7 Å².